The third kappa shape index (κ3) is 9.70. The second-order valence-corrected chi connectivity index (χ2v) is 29.2. The van der Waals surface area contributed by atoms with E-state index in [4.69, 9.17) is 18.2 Å². The zero-order valence-electron chi connectivity index (χ0n) is 34.4. The van der Waals surface area contributed by atoms with Crippen molar-refractivity contribution >= 4 is 68.3 Å². The Morgan fingerprint density at radius 2 is 1.12 bits per heavy atom. The van der Waals surface area contributed by atoms with Crippen LogP contribution in [0.25, 0.3) is 0 Å². The van der Waals surface area contributed by atoms with Crippen LogP contribution in [0.2, 0.25) is 36.3 Å². The summed E-state index contributed by atoms with van der Waals surface area (Å²) in [6, 6.07) is 12.2. The molecule has 0 saturated carbocycles. The van der Waals surface area contributed by atoms with Crippen LogP contribution in [-0.2, 0) is 40.6 Å². The first-order chi connectivity index (χ1) is 23.8. The van der Waals surface area contributed by atoms with Gasteiger partial charge in [-0.3, -0.25) is 9.59 Å². The van der Waals surface area contributed by atoms with Gasteiger partial charge in [-0.15, -0.1) is 0 Å². The van der Waals surface area contributed by atoms with E-state index >= 15 is 0 Å². The number of anilines is 2. The smallest absolute Gasteiger partial charge is 0.417 e. The maximum absolute atomic E-state index is 12.7. The topological polar surface area (TPSA) is 77.5 Å². The SMILES string of the molecule is CC(C)(C)[Si](C)(C)OCCCN1C(=O)Cc2ccc(Br)cc21.CC1(C)OB(c2ccc3c(c2)N(CCCO[Si](C)(C)C(C)(C)C)C(=O)C3)OC1(C)C. The number of amides is 2. The quantitative estimate of drug-likeness (QED) is 0.167. The standard InChI is InChI=1S/C23H38BNO4Si.C17H26BrNO2Si/c1-21(2,3)30(8,9)27-14-10-13-25-19-16-18(12-11-17(19)15-20(25)26)24-28-22(4,5)23(6,7)29-24;1-17(2,3)22(4,5)21-10-6-9-19-15-12-14(18)8-7-13(15)11-16(19)20/h11-12,16H,10,13-15H2,1-9H3;7-8,12H,6,9-11H2,1-5H3. The van der Waals surface area contributed by atoms with Crippen LogP contribution in [0, 0.1) is 0 Å². The Kier molecular flexibility index (Phi) is 13.0. The van der Waals surface area contributed by atoms with E-state index in [1.54, 1.807) is 0 Å². The summed E-state index contributed by atoms with van der Waals surface area (Å²) in [5.74, 6) is 0.351. The fourth-order valence-electron chi connectivity index (χ4n) is 5.85. The predicted octanol–water partition coefficient (Wildman–Crippen LogP) is 9.04. The lowest BCUT2D eigenvalue weighted by atomic mass is 9.78. The Labute approximate surface area is 325 Å². The van der Waals surface area contributed by atoms with E-state index < -0.39 is 23.8 Å². The fraction of sp³-hybridized carbons (Fsp3) is 0.650. The van der Waals surface area contributed by atoms with E-state index in [0.29, 0.717) is 26.0 Å². The third-order valence-electron chi connectivity index (χ3n) is 12.1. The first-order valence-corrected chi connectivity index (χ1v) is 25.5. The van der Waals surface area contributed by atoms with Crippen molar-refractivity contribution in [2.45, 2.75) is 142 Å². The van der Waals surface area contributed by atoms with Crippen molar-refractivity contribution in [2.75, 3.05) is 36.1 Å². The third-order valence-corrected chi connectivity index (χ3v) is 21.7. The van der Waals surface area contributed by atoms with Crippen molar-refractivity contribution < 1.29 is 27.7 Å². The number of hydrogen-bond acceptors (Lipinski definition) is 6. The van der Waals surface area contributed by atoms with Crippen LogP contribution in [0.5, 0.6) is 0 Å². The highest BCUT2D eigenvalue weighted by Crippen LogP contribution is 2.39. The van der Waals surface area contributed by atoms with E-state index in [0.717, 1.165) is 58.4 Å². The van der Waals surface area contributed by atoms with Gasteiger partial charge < -0.3 is 28.0 Å². The van der Waals surface area contributed by atoms with Gasteiger partial charge >= 0.3 is 7.12 Å². The van der Waals surface area contributed by atoms with E-state index in [-0.39, 0.29) is 33.1 Å². The van der Waals surface area contributed by atoms with Gasteiger partial charge in [0.15, 0.2) is 16.6 Å². The van der Waals surface area contributed by atoms with Crippen molar-refractivity contribution in [2.24, 2.45) is 0 Å². The van der Waals surface area contributed by atoms with Crippen LogP contribution in [-0.4, -0.2) is 73.1 Å². The Hall–Kier alpha value is -1.80. The number of carbonyl (C=O) groups is 2. The highest BCUT2D eigenvalue weighted by Gasteiger charge is 2.52. The molecule has 1 fully saturated rings. The molecule has 2 amide bonds. The van der Waals surface area contributed by atoms with Crippen LogP contribution in [0.4, 0.5) is 11.4 Å². The Balaban J connectivity index is 0.000000244. The van der Waals surface area contributed by atoms with Crippen molar-refractivity contribution in [3.8, 4) is 0 Å². The van der Waals surface area contributed by atoms with Crippen LogP contribution >= 0.6 is 15.9 Å². The fourth-order valence-corrected chi connectivity index (χ4v) is 8.38. The Morgan fingerprint density at radius 3 is 1.54 bits per heavy atom. The summed E-state index contributed by atoms with van der Waals surface area (Å²) < 4.78 is 25.9. The monoisotopic (exact) mass is 814 g/mol. The molecule has 0 aliphatic carbocycles. The largest absolute Gasteiger partial charge is 0.494 e. The van der Waals surface area contributed by atoms with Crippen molar-refractivity contribution in [1.29, 1.82) is 0 Å². The molecule has 0 N–H and O–H groups in total. The van der Waals surface area contributed by atoms with Crippen LogP contribution in [0.1, 0.15) is 93.2 Å². The minimum absolute atomic E-state index is 0.156. The molecule has 3 heterocycles. The lowest BCUT2D eigenvalue weighted by Gasteiger charge is -2.36. The van der Waals surface area contributed by atoms with Gasteiger partial charge in [-0.05, 0) is 112 Å². The summed E-state index contributed by atoms with van der Waals surface area (Å²) in [5.41, 5.74) is 4.43. The second-order valence-electron chi connectivity index (χ2n) is 18.6. The molecular weight excluding hydrogens is 751 g/mol. The molecule has 2 aromatic rings. The lowest BCUT2D eigenvalue weighted by molar-refractivity contribution is -0.118. The van der Waals surface area contributed by atoms with Gasteiger partial charge in [0.25, 0.3) is 0 Å². The van der Waals surface area contributed by atoms with E-state index in [2.05, 4.69) is 117 Å². The van der Waals surface area contributed by atoms with Gasteiger partial charge in [-0.2, -0.15) is 0 Å². The molecular formula is C40H64BBrN2O6Si2. The van der Waals surface area contributed by atoms with Gasteiger partial charge in [0.2, 0.25) is 11.8 Å². The van der Waals surface area contributed by atoms with Crippen molar-refractivity contribution in [3.05, 3.63) is 52.0 Å². The summed E-state index contributed by atoms with van der Waals surface area (Å²) >= 11 is 3.48. The number of benzene rings is 2. The summed E-state index contributed by atoms with van der Waals surface area (Å²) in [4.78, 5) is 28.6. The molecule has 8 nitrogen and oxygen atoms in total. The number of halogens is 1. The minimum atomic E-state index is -1.76. The summed E-state index contributed by atoms with van der Waals surface area (Å²) in [5, 5.41) is 0.425. The molecule has 0 atom stereocenters. The van der Waals surface area contributed by atoms with Gasteiger partial charge in [0.05, 0.1) is 24.0 Å². The van der Waals surface area contributed by atoms with Gasteiger partial charge in [-0.1, -0.05) is 75.7 Å². The first kappa shape index (κ1) is 42.9. The molecule has 0 radical (unpaired) electrons. The number of nitrogens with zero attached hydrogens (tertiary/aromatic N) is 2. The normalized spacial score (nSPS) is 18.5. The van der Waals surface area contributed by atoms with E-state index in [1.165, 1.54) is 0 Å². The van der Waals surface area contributed by atoms with Gasteiger partial charge in [0, 0.05) is 42.2 Å². The average Bonchev–Trinajstić information content (AvgIpc) is 3.57. The highest BCUT2D eigenvalue weighted by atomic mass is 79.9. The van der Waals surface area contributed by atoms with Crippen LogP contribution < -0.4 is 15.3 Å². The molecule has 52 heavy (non-hydrogen) atoms. The summed E-state index contributed by atoms with van der Waals surface area (Å²) in [7, 11) is -3.87. The molecule has 3 aliphatic rings. The molecule has 0 bridgehead atoms. The van der Waals surface area contributed by atoms with Crippen molar-refractivity contribution in [1.82, 2.24) is 0 Å². The summed E-state index contributed by atoms with van der Waals surface area (Å²) in [6.45, 7) is 33.6. The lowest BCUT2D eigenvalue weighted by Crippen LogP contribution is -2.41. The predicted molar refractivity (Wildman–Crippen MR) is 224 cm³/mol. The molecule has 0 aromatic heterocycles. The van der Waals surface area contributed by atoms with Gasteiger partial charge in [0.1, 0.15) is 0 Å². The highest BCUT2D eigenvalue weighted by molar-refractivity contribution is 9.10. The maximum atomic E-state index is 12.7. The average molecular weight is 816 g/mol. The Bertz CT molecular complexity index is 1600. The van der Waals surface area contributed by atoms with Gasteiger partial charge in [-0.25, -0.2) is 0 Å². The number of carbonyl (C=O) groups excluding carboxylic acids is 2. The molecule has 288 valence electrons. The minimum Gasteiger partial charge on any atom is -0.417 e. The van der Waals surface area contributed by atoms with Crippen LogP contribution in [0.3, 0.4) is 0 Å². The second kappa shape index (κ2) is 15.7. The zero-order valence-corrected chi connectivity index (χ0v) is 38.0. The zero-order chi connectivity index (χ0) is 39.1. The number of rotatable bonds is 11. The maximum Gasteiger partial charge on any atom is 0.494 e. The molecule has 0 spiro atoms. The molecule has 2 aromatic carbocycles. The molecule has 5 rings (SSSR count). The molecule has 12 heteroatoms. The van der Waals surface area contributed by atoms with E-state index in [9.17, 15) is 9.59 Å². The number of fused-ring (bicyclic) bond motifs is 2. The Morgan fingerprint density at radius 1 is 0.712 bits per heavy atom. The molecule has 0 unspecified atom stereocenters. The molecule has 3 aliphatic heterocycles. The number of hydrogen-bond donors (Lipinski definition) is 0. The van der Waals surface area contributed by atoms with Crippen LogP contribution in [0.15, 0.2) is 40.9 Å². The van der Waals surface area contributed by atoms with Crippen molar-refractivity contribution in [3.63, 3.8) is 0 Å². The molecule has 1 saturated heterocycles. The summed E-state index contributed by atoms with van der Waals surface area (Å²) in [6.07, 6.45) is 2.69. The van der Waals surface area contributed by atoms with E-state index in [1.807, 2.05) is 40.1 Å². The first-order valence-electron chi connectivity index (χ1n) is 18.9.